The SMILES string of the molecule is O=C1c2cc(O)ccc2C(=O)c2c1[nH]c(-c1ccccc1)cc2=O. The predicted octanol–water partition coefficient (Wildman–Crippen LogP) is 2.52. The number of phenols is 1. The number of hydrogen-bond acceptors (Lipinski definition) is 4. The van der Waals surface area contributed by atoms with Gasteiger partial charge in [0.15, 0.2) is 11.2 Å². The normalized spacial score (nSPS) is 12.7. The molecule has 0 radical (unpaired) electrons. The number of nitrogens with one attached hydrogen (secondary N) is 1. The van der Waals surface area contributed by atoms with E-state index >= 15 is 0 Å². The number of pyridine rings is 1. The molecule has 0 bridgehead atoms. The van der Waals surface area contributed by atoms with E-state index < -0.39 is 17.0 Å². The molecule has 0 amide bonds. The molecular weight excluding hydrogens is 306 g/mol. The lowest BCUT2D eigenvalue weighted by atomic mass is 9.86. The fourth-order valence-corrected chi connectivity index (χ4v) is 2.92. The number of aromatic nitrogens is 1. The van der Waals surface area contributed by atoms with Crippen LogP contribution in [0.1, 0.15) is 32.0 Å². The first-order valence-electron chi connectivity index (χ1n) is 7.31. The van der Waals surface area contributed by atoms with E-state index in [4.69, 9.17) is 0 Å². The van der Waals surface area contributed by atoms with Gasteiger partial charge in [-0.1, -0.05) is 30.3 Å². The molecule has 3 aromatic rings. The maximum Gasteiger partial charge on any atom is 0.210 e. The number of hydrogen-bond donors (Lipinski definition) is 2. The number of rotatable bonds is 1. The van der Waals surface area contributed by atoms with Gasteiger partial charge in [0.25, 0.3) is 0 Å². The minimum absolute atomic E-state index is 0.0375. The second-order valence-electron chi connectivity index (χ2n) is 5.55. The molecule has 5 nitrogen and oxygen atoms in total. The Hall–Kier alpha value is -3.47. The summed E-state index contributed by atoms with van der Waals surface area (Å²) in [6, 6.07) is 14.3. The largest absolute Gasteiger partial charge is 0.508 e. The third-order valence-corrected chi connectivity index (χ3v) is 4.06. The van der Waals surface area contributed by atoms with Crippen LogP contribution in [0.2, 0.25) is 0 Å². The molecule has 5 heteroatoms. The van der Waals surface area contributed by atoms with Gasteiger partial charge in [-0.15, -0.1) is 0 Å². The van der Waals surface area contributed by atoms with Gasteiger partial charge in [0.05, 0.1) is 5.56 Å². The quantitative estimate of drug-likeness (QED) is 0.565. The molecule has 0 spiro atoms. The van der Waals surface area contributed by atoms with Gasteiger partial charge in [-0.3, -0.25) is 14.4 Å². The van der Waals surface area contributed by atoms with Gasteiger partial charge in [0.2, 0.25) is 5.78 Å². The van der Waals surface area contributed by atoms with Gasteiger partial charge in [-0.2, -0.15) is 0 Å². The number of H-pyrrole nitrogens is 1. The number of ketones is 2. The Balaban J connectivity index is 1.98. The highest BCUT2D eigenvalue weighted by Gasteiger charge is 2.33. The van der Waals surface area contributed by atoms with E-state index in [0.29, 0.717) is 5.69 Å². The molecule has 1 aliphatic rings. The van der Waals surface area contributed by atoms with Gasteiger partial charge in [-0.05, 0) is 23.8 Å². The fourth-order valence-electron chi connectivity index (χ4n) is 2.92. The summed E-state index contributed by atoms with van der Waals surface area (Å²) in [4.78, 5) is 40.6. The average Bonchev–Trinajstić information content (AvgIpc) is 2.59. The third kappa shape index (κ3) is 1.99. The van der Waals surface area contributed by atoms with E-state index in [-0.39, 0.29) is 28.1 Å². The van der Waals surface area contributed by atoms with Crippen LogP contribution >= 0.6 is 0 Å². The number of benzene rings is 2. The molecule has 1 aromatic heterocycles. The second kappa shape index (κ2) is 5.03. The number of carbonyl (C=O) groups is 2. The zero-order chi connectivity index (χ0) is 16.8. The number of aromatic hydroxyl groups is 1. The summed E-state index contributed by atoms with van der Waals surface area (Å²) in [5.41, 5.74) is 0.724. The molecule has 24 heavy (non-hydrogen) atoms. The monoisotopic (exact) mass is 317 g/mol. The molecule has 116 valence electrons. The van der Waals surface area contributed by atoms with Gasteiger partial charge in [0, 0.05) is 22.9 Å². The highest BCUT2D eigenvalue weighted by molar-refractivity contribution is 6.27. The van der Waals surface area contributed by atoms with Gasteiger partial charge >= 0.3 is 0 Å². The Morgan fingerprint density at radius 2 is 1.54 bits per heavy atom. The Kier molecular flexibility index (Phi) is 2.96. The molecule has 1 heterocycles. The van der Waals surface area contributed by atoms with Crippen LogP contribution in [0.3, 0.4) is 0 Å². The molecule has 0 saturated carbocycles. The Morgan fingerprint density at radius 3 is 2.29 bits per heavy atom. The van der Waals surface area contributed by atoms with E-state index in [1.54, 1.807) is 12.1 Å². The predicted molar refractivity (Wildman–Crippen MR) is 87.5 cm³/mol. The lowest BCUT2D eigenvalue weighted by Gasteiger charge is -2.17. The van der Waals surface area contributed by atoms with Crippen LogP contribution < -0.4 is 5.43 Å². The molecule has 2 aromatic carbocycles. The number of aromatic amines is 1. The summed E-state index contributed by atoms with van der Waals surface area (Å²) in [6.07, 6.45) is 0. The zero-order valence-corrected chi connectivity index (χ0v) is 12.4. The molecule has 0 atom stereocenters. The van der Waals surface area contributed by atoms with Crippen molar-refractivity contribution in [3.05, 3.63) is 87.2 Å². The third-order valence-electron chi connectivity index (χ3n) is 4.06. The Labute approximate surface area is 136 Å². The van der Waals surface area contributed by atoms with E-state index in [0.717, 1.165) is 5.56 Å². The van der Waals surface area contributed by atoms with Crippen molar-refractivity contribution in [3.63, 3.8) is 0 Å². The molecule has 0 fully saturated rings. The van der Waals surface area contributed by atoms with E-state index in [2.05, 4.69) is 4.98 Å². The van der Waals surface area contributed by atoms with Crippen LogP contribution in [-0.2, 0) is 0 Å². The van der Waals surface area contributed by atoms with Crippen molar-refractivity contribution in [1.29, 1.82) is 0 Å². The van der Waals surface area contributed by atoms with Gasteiger partial charge in [-0.25, -0.2) is 0 Å². The Bertz CT molecular complexity index is 1060. The van der Waals surface area contributed by atoms with E-state index in [1.807, 2.05) is 18.2 Å². The first kappa shape index (κ1) is 14.1. The van der Waals surface area contributed by atoms with Crippen molar-refractivity contribution in [2.75, 3.05) is 0 Å². The van der Waals surface area contributed by atoms with Crippen molar-refractivity contribution in [2.24, 2.45) is 0 Å². The lowest BCUT2D eigenvalue weighted by Crippen LogP contribution is -2.29. The topological polar surface area (TPSA) is 87.2 Å². The zero-order valence-electron chi connectivity index (χ0n) is 12.4. The molecule has 2 N–H and O–H groups in total. The Morgan fingerprint density at radius 1 is 0.792 bits per heavy atom. The first-order chi connectivity index (χ1) is 11.6. The van der Waals surface area contributed by atoms with Crippen LogP contribution in [0, 0.1) is 0 Å². The molecular formula is C19H11NO4. The first-order valence-corrected chi connectivity index (χ1v) is 7.31. The van der Waals surface area contributed by atoms with Crippen LogP contribution in [0.25, 0.3) is 11.3 Å². The van der Waals surface area contributed by atoms with Gasteiger partial charge < -0.3 is 10.1 Å². The fraction of sp³-hybridized carbons (Fsp3) is 0. The summed E-state index contributed by atoms with van der Waals surface area (Å²) in [6.45, 7) is 0. The van der Waals surface area contributed by atoms with Crippen molar-refractivity contribution < 1.29 is 14.7 Å². The molecule has 0 saturated heterocycles. The minimum atomic E-state index is -0.513. The highest BCUT2D eigenvalue weighted by Crippen LogP contribution is 2.28. The minimum Gasteiger partial charge on any atom is -0.508 e. The molecule has 4 rings (SSSR count). The summed E-state index contributed by atoms with van der Waals surface area (Å²) < 4.78 is 0. The standard InChI is InChI=1S/C19H11NO4/c21-11-6-7-12-13(8-11)19(24)17-16(18(12)23)15(22)9-14(20-17)10-4-2-1-3-5-10/h1-9,21H,(H,20,22). The number of fused-ring (bicyclic) bond motifs is 2. The average molecular weight is 317 g/mol. The molecule has 0 aliphatic heterocycles. The molecule has 0 unspecified atom stereocenters. The maximum absolute atomic E-state index is 12.7. The molecule has 1 aliphatic carbocycles. The van der Waals surface area contributed by atoms with Crippen LogP contribution in [-0.4, -0.2) is 21.7 Å². The summed E-state index contributed by atoms with van der Waals surface area (Å²) in [5, 5.41) is 9.59. The highest BCUT2D eigenvalue weighted by atomic mass is 16.3. The van der Waals surface area contributed by atoms with Crippen molar-refractivity contribution >= 4 is 11.6 Å². The van der Waals surface area contributed by atoms with E-state index in [9.17, 15) is 19.5 Å². The lowest BCUT2D eigenvalue weighted by molar-refractivity contribution is 0.0974. The summed E-state index contributed by atoms with van der Waals surface area (Å²) in [7, 11) is 0. The maximum atomic E-state index is 12.7. The number of phenolic OH excluding ortho intramolecular Hbond substituents is 1. The van der Waals surface area contributed by atoms with Crippen LogP contribution in [0.5, 0.6) is 5.75 Å². The van der Waals surface area contributed by atoms with Crippen LogP contribution in [0.15, 0.2) is 59.4 Å². The summed E-state index contributed by atoms with van der Waals surface area (Å²) in [5.74, 6) is -1.11. The smallest absolute Gasteiger partial charge is 0.210 e. The number of carbonyl (C=O) groups excluding carboxylic acids is 2. The van der Waals surface area contributed by atoms with Crippen molar-refractivity contribution in [1.82, 2.24) is 4.98 Å². The van der Waals surface area contributed by atoms with Crippen molar-refractivity contribution in [3.8, 4) is 17.0 Å². The van der Waals surface area contributed by atoms with Crippen LogP contribution in [0.4, 0.5) is 0 Å². The van der Waals surface area contributed by atoms with Gasteiger partial charge in [0.1, 0.15) is 11.4 Å². The second-order valence-corrected chi connectivity index (χ2v) is 5.55. The van der Waals surface area contributed by atoms with E-state index in [1.165, 1.54) is 24.3 Å². The van der Waals surface area contributed by atoms with Crippen molar-refractivity contribution in [2.45, 2.75) is 0 Å². The summed E-state index contributed by atoms with van der Waals surface area (Å²) >= 11 is 0.